The van der Waals surface area contributed by atoms with Gasteiger partial charge in [0.2, 0.25) is 0 Å². The molecule has 1 rings (SSSR count). The minimum Gasteiger partial charge on any atom is -0.369 e. The fraction of sp³-hybridized carbons (Fsp3) is 0.462. The predicted octanol–water partition coefficient (Wildman–Crippen LogP) is 1.10. The van der Waals surface area contributed by atoms with Crippen molar-refractivity contribution in [3.8, 4) is 11.8 Å². The number of nitrogens with two attached hydrogens (primary N) is 1. The van der Waals surface area contributed by atoms with Crippen LogP contribution in [0.3, 0.4) is 0 Å². The van der Waals surface area contributed by atoms with E-state index in [1.165, 1.54) is 7.11 Å². The quantitative estimate of drug-likeness (QED) is 0.802. The maximum atomic E-state index is 11.8. The zero-order chi connectivity index (χ0) is 13.6. The highest BCUT2D eigenvalue weighted by Gasteiger charge is 2.26. The van der Waals surface area contributed by atoms with Crippen molar-refractivity contribution in [2.45, 2.75) is 26.0 Å². The molecule has 0 aliphatic rings. The molecule has 0 saturated heterocycles. The lowest BCUT2D eigenvalue weighted by Crippen LogP contribution is -2.43. The van der Waals surface area contributed by atoms with Crippen LogP contribution in [0.25, 0.3) is 0 Å². The predicted molar refractivity (Wildman–Crippen MR) is 73.2 cm³/mol. The second-order valence-corrected chi connectivity index (χ2v) is 5.20. The standard InChI is InChI=1S/C13H18N2O2S/c1-13(2,17-3)12(16)15-8-11-7-10(9-18-11)5-4-6-14/h7,9H,6,8,14H2,1-3H3,(H,15,16). The number of rotatable bonds is 4. The highest BCUT2D eigenvalue weighted by molar-refractivity contribution is 7.10. The third-order valence-electron chi connectivity index (χ3n) is 2.47. The molecule has 0 bridgehead atoms. The van der Waals surface area contributed by atoms with Crippen molar-refractivity contribution in [3.05, 3.63) is 21.9 Å². The maximum Gasteiger partial charge on any atom is 0.251 e. The van der Waals surface area contributed by atoms with E-state index in [2.05, 4.69) is 17.2 Å². The molecule has 0 aromatic carbocycles. The topological polar surface area (TPSA) is 64.3 Å². The van der Waals surface area contributed by atoms with Gasteiger partial charge in [0.25, 0.3) is 5.91 Å². The van der Waals surface area contributed by atoms with Gasteiger partial charge in [0.1, 0.15) is 5.60 Å². The van der Waals surface area contributed by atoms with E-state index in [4.69, 9.17) is 10.5 Å². The van der Waals surface area contributed by atoms with E-state index in [1.54, 1.807) is 25.2 Å². The molecule has 3 N–H and O–H groups in total. The van der Waals surface area contributed by atoms with Crippen LogP contribution >= 0.6 is 11.3 Å². The molecule has 4 nitrogen and oxygen atoms in total. The summed E-state index contributed by atoms with van der Waals surface area (Å²) in [5.41, 5.74) is 5.43. The van der Waals surface area contributed by atoms with E-state index in [9.17, 15) is 4.79 Å². The maximum absolute atomic E-state index is 11.8. The van der Waals surface area contributed by atoms with Crippen LogP contribution in [0.1, 0.15) is 24.3 Å². The van der Waals surface area contributed by atoms with Crippen LogP contribution < -0.4 is 11.1 Å². The van der Waals surface area contributed by atoms with Gasteiger partial charge in [-0.25, -0.2) is 0 Å². The van der Waals surface area contributed by atoms with Crippen molar-refractivity contribution in [2.75, 3.05) is 13.7 Å². The van der Waals surface area contributed by atoms with Gasteiger partial charge < -0.3 is 15.8 Å². The summed E-state index contributed by atoms with van der Waals surface area (Å²) in [7, 11) is 1.52. The van der Waals surface area contributed by atoms with Gasteiger partial charge in [0, 0.05) is 22.9 Å². The second kappa shape index (κ2) is 6.55. The van der Waals surface area contributed by atoms with Crippen LogP contribution in [0.5, 0.6) is 0 Å². The molecular formula is C13H18N2O2S. The first-order valence-electron chi connectivity index (χ1n) is 5.59. The van der Waals surface area contributed by atoms with E-state index in [0.29, 0.717) is 13.1 Å². The van der Waals surface area contributed by atoms with Gasteiger partial charge in [0.05, 0.1) is 13.1 Å². The van der Waals surface area contributed by atoms with Crippen LogP contribution in [0.15, 0.2) is 11.4 Å². The first kappa shape index (κ1) is 14.7. The van der Waals surface area contributed by atoms with Crippen LogP contribution in [0.2, 0.25) is 0 Å². The average molecular weight is 266 g/mol. The highest BCUT2D eigenvalue weighted by Crippen LogP contribution is 2.14. The Morgan fingerprint density at radius 2 is 2.33 bits per heavy atom. The van der Waals surface area contributed by atoms with Gasteiger partial charge in [-0.15, -0.1) is 11.3 Å². The number of hydrogen-bond acceptors (Lipinski definition) is 4. The van der Waals surface area contributed by atoms with Gasteiger partial charge in [-0.3, -0.25) is 4.79 Å². The molecule has 0 fully saturated rings. The lowest BCUT2D eigenvalue weighted by molar-refractivity contribution is -0.139. The third kappa shape index (κ3) is 4.15. The number of nitrogens with one attached hydrogen (secondary N) is 1. The van der Waals surface area contributed by atoms with Crippen LogP contribution in [-0.2, 0) is 16.1 Å². The molecule has 0 aliphatic heterocycles. The molecule has 0 aliphatic carbocycles. The summed E-state index contributed by atoms with van der Waals surface area (Å²) < 4.78 is 5.10. The first-order valence-corrected chi connectivity index (χ1v) is 6.47. The molecular weight excluding hydrogens is 248 g/mol. The van der Waals surface area contributed by atoms with Crippen molar-refractivity contribution in [1.29, 1.82) is 0 Å². The van der Waals surface area contributed by atoms with E-state index in [-0.39, 0.29) is 5.91 Å². The summed E-state index contributed by atoms with van der Waals surface area (Å²) in [6, 6.07) is 1.95. The van der Waals surface area contributed by atoms with E-state index >= 15 is 0 Å². The Morgan fingerprint density at radius 3 is 2.94 bits per heavy atom. The fourth-order valence-corrected chi connectivity index (χ4v) is 1.92. The van der Waals surface area contributed by atoms with Crippen LogP contribution in [-0.4, -0.2) is 25.2 Å². The fourth-order valence-electron chi connectivity index (χ4n) is 1.16. The van der Waals surface area contributed by atoms with Gasteiger partial charge in [-0.05, 0) is 19.9 Å². The summed E-state index contributed by atoms with van der Waals surface area (Å²) in [6.45, 7) is 4.30. The molecule has 1 aromatic heterocycles. The molecule has 0 radical (unpaired) electrons. The second-order valence-electron chi connectivity index (χ2n) is 4.20. The molecule has 1 aromatic rings. The lowest BCUT2D eigenvalue weighted by Gasteiger charge is -2.21. The number of carbonyl (C=O) groups excluding carboxylic acids is 1. The van der Waals surface area contributed by atoms with Crippen molar-refractivity contribution in [1.82, 2.24) is 5.32 Å². The molecule has 0 unspecified atom stereocenters. The van der Waals surface area contributed by atoms with E-state index in [0.717, 1.165) is 10.4 Å². The Balaban J connectivity index is 2.54. The molecule has 5 heteroatoms. The molecule has 98 valence electrons. The van der Waals surface area contributed by atoms with Gasteiger partial charge >= 0.3 is 0 Å². The zero-order valence-corrected chi connectivity index (χ0v) is 11.7. The van der Waals surface area contributed by atoms with Crippen molar-refractivity contribution in [3.63, 3.8) is 0 Å². The Kier molecular flexibility index (Phi) is 5.35. The number of methoxy groups -OCH3 is 1. The first-order chi connectivity index (χ1) is 8.49. The zero-order valence-electron chi connectivity index (χ0n) is 10.9. The molecule has 0 spiro atoms. The number of ether oxygens (including phenoxy) is 1. The average Bonchev–Trinajstić information content (AvgIpc) is 2.81. The SMILES string of the molecule is COC(C)(C)C(=O)NCc1cc(C#CCN)cs1. The van der Waals surface area contributed by atoms with Gasteiger partial charge in [-0.1, -0.05) is 11.8 Å². The Labute approximate surface area is 112 Å². The van der Waals surface area contributed by atoms with Gasteiger partial charge in [-0.2, -0.15) is 0 Å². The summed E-state index contributed by atoms with van der Waals surface area (Å²) in [6.07, 6.45) is 0. The normalized spacial score (nSPS) is 10.7. The number of amides is 1. The molecule has 1 heterocycles. The Morgan fingerprint density at radius 1 is 1.61 bits per heavy atom. The minimum absolute atomic E-state index is 0.131. The summed E-state index contributed by atoms with van der Waals surface area (Å²) >= 11 is 1.56. The summed E-state index contributed by atoms with van der Waals surface area (Å²) in [4.78, 5) is 12.8. The van der Waals surface area contributed by atoms with Gasteiger partial charge in [0.15, 0.2) is 0 Å². The van der Waals surface area contributed by atoms with E-state index < -0.39 is 5.60 Å². The van der Waals surface area contributed by atoms with Crippen molar-refractivity contribution in [2.24, 2.45) is 5.73 Å². The Bertz CT molecular complexity index is 469. The van der Waals surface area contributed by atoms with E-state index in [1.807, 2.05) is 11.4 Å². The minimum atomic E-state index is -0.806. The third-order valence-corrected chi connectivity index (χ3v) is 3.41. The largest absolute Gasteiger partial charge is 0.369 e. The van der Waals surface area contributed by atoms with Crippen molar-refractivity contribution >= 4 is 17.2 Å². The molecule has 0 atom stereocenters. The number of carbonyl (C=O) groups is 1. The van der Waals surface area contributed by atoms with Crippen LogP contribution in [0, 0.1) is 11.8 Å². The highest BCUT2D eigenvalue weighted by atomic mass is 32.1. The number of hydrogen-bond donors (Lipinski definition) is 2. The smallest absolute Gasteiger partial charge is 0.251 e. The molecule has 18 heavy (non-hydrogen) atoms. The summed E-state index contributed by atoms with van der Waals surface area (Å²) in [5, 5.41) is 4.78. The lowest BCUT2D eigenvalue weighted by atomic mass is 10.1. The molecule has 1 amide bonds. The van der Waals surface area contributed by atoms with Crippen LogP contribution in [0.4, 0.5) is 0 Å². The molecule has 0 saturated carbocycles. The van der Waals surface area contributed by atoms with Crippen molar-refractivity contribution < 1.29 is 9.53 Å². The number of thiophene rings is 1. The summed E-state index contributed by atoms with van der Waals surface area (Å²) in [5.74, 6) is 5.61. The monoisotopic (exact) mass is 266 g/mol. The Hall–Kier alpha value is -1.35.